The second kappa shape index (κ2) is 6.09. The summed E-state index contributed by atoms with van der Waals surface area (Å²) in [7, 11) is -3.70. The normalized spacial score (nSPS) is 12.9. The molecule has 0 saturated carbocycles. The molecule has 0 bridgehead atoms. The molecule has 1 rings (SSSR count). The minimum atomic E-state index is -3.70. The molecule has 1 aromatic carbocycles. The van der Waals surface area contributed by atoms with Gasteiger partial charge in [0.05, 0.1) is 11.7 Å². The van der Waals surface area contributed by atoms with E-state index in [1.807, 2.05) is 13.8 Å². The molecule has 19 heavy (non-hydrogen) atoms. The molecular formula is C14H20N2O2S. The Labute approximate surface area is 115 Å². The highest BCUT2D eigenvalue weighted by Crippen LogP contribution is 2.25. The molecule has 4 nitrogen and oxygen atoms in total. The van der Waals surface area contributed by atoms with Crippen LogP contribution in [0.1, 0.15) is 30.9 Å². The first-order valence-electron chi connectivity index (χ1n) is 6.17. The van der Waals surface area contributed by atoms with E-state index in [1.165, 1.54) is 0 Å². The lowest BCUT2D eigenvalue weighted by molar-refractivity contribution is 0.564. The Morgan fingerprint density at radius 1 is 1.42 bits per heavy atom. The molecule has 1 unspecified atom stereocenters. The Hall–Kier alpha value is -1.51. The van der Waals surface area contributed by atoms with Crippen LogP contribution in [-0.4, -0.2) is 14.5 Å². The molecule has 0 saturated heterocycles. The van der Waals surface area contributed by atoms with E-state index < -0.39 is 16.1 Å². The van der Waals surface area contributed by atoms with E-state index in [4.69, 9.17) is 12.2 Å². The van der Waals surface area contributed by atoms with Crippen LogP contribution in [0.25, 0.3) is 0 Å². The summed E-state index contributed by atoms with van der Waals surface area (Å²) in [5.74, 6) is 2.45. The summed E-state index contributed by atoms with van der Waals surface area (Å²) in [6.45, 7) is 5.54. The van der Waals surface area contributed by atoms with Gasteiger partial charge in [-0.2, -0.15) is 4.72 Å². The number of aryl methyl sites for hydroxylation is 1. The second-order valence-electron chi connectivity index (χ2n) is 4.56. The third-order valence-corrected chi connectivity index (χ3v) is 4.73. The van der Waals surface area contributed by atoms with Gasteiger partial charge in [-0.15, -0.1) is 6.42 Å². The molecule has 0 spiro atoms. The zero-order valence-electron chi connectivity index (χ0n) is 11.5. The van der Waals surface area contributed by atoms with E-state index >= 15 is 0 Å². The van der Waals surface area contributed by atoms with Crippen LogP contribution < -0.4 is 10.5 Å². The van der Waals surface area contributed by atoms with Crippen molar-refractivity contribution in [3.05, 3.63) is 23.3 Å². The Balaban J connectivity index is 3.22. The summed E-state index contributed by atoms with van der Waals surface area (Å²) in [4.78, 5) is 0.129. The van der Waals surface area contributed by atoms with Crippen molar-refractivity contribution < 1.29 is 8.42 Å². The molecule has 0 fully saturated rings. The van der Waals surface area contributed by atoms with Gasteiger partial charge in [0.15, 0.2) is 0 Å². The number of benzene rings is 1. The highest BCUT2D eigenvalue weighted by Gasteiger charge is 2.23. The maximum atomic E-state index is 12.4. The molecule has 3 N–H and O–H groups in total. The van der Waals surface area contributed by atoms with Crippen molar-refractivity contribution in [2.45, 2.75) is 44.6 Å². The van der Waals surface area contributed by atoms with Gasteiger partial charge in [0.2, 0.25) is 10.0 Å². The Bertz CT molecular complexity index is 601. The van der Waals surface area contributed by atoms with Crippen LogP contribution in [0, 0.1) is 26.2 Å². The molecule has 0 aromatic heterocycles. The van der Waals surface area contributed by atoms with Gasteiger partial charge in [0.1, 0.15) is 4.90 Å². The van der Waals surface area contributed by atoms with E-state index in [9.17, 15) is 8.42 Å². The zero-order valence-corrected chi connectivity index (χ0v) is 12.3. The maximum Gasteiger partial charge on any atom is 0.243 e. The van der Waals surface area contributed by atoms with Crippen LogP contribution in [-0.2, 0) is 10.0 Å². The highest BCUT2D eigenvalue weighted by molar-refractivity contribution is 7.89. The molecular weight excluding hydrogens is 260 g/mol. The lowest BCUT2D eigenvalue weighted by Gasteiger charge is -2.16. The molecule has 104 valence electrons. The van der Waals surface area contributed by atoms with E-state index in [0.717, 1.165) is 12.0 Å². The minimum absolute atomic E-state index is 0.129. The van der Waals surface area contributed by atoms with Crippen LogP contribution in [0.2, 0.25) is 0 Å². The van der Waals surface area contributed by atoms with Crippen molar-refractivity contribution in [2.75, 3.05) is 5.73 Å². The average Bonchev–Trinajstić information content (AvgIpc) is 2.33. The molecule has 0 heterocycles. The predicted molar refractivity (Wildman–Crippen MR) is 78.2 cm³/mol. The van der Waals surface area contributed by atoms with Crippen molar-refractivity contribution in [1.82, 2.24) is 4.72 Å². The number of nitrogen functional groups attached to an aromatic ring is 1. The Morgan fingerprint density at radius 3 is 2.58 bits per heavy atom. The molecule has 0 aliphatic rings. The van der Waals surface area contributed by atoms with Crippen molar-refractivity contribution in [3.63, 3.8) is 0 Å². The number of nitrogens with two attached hydrogens (primary N) is 1. The smallest absolute Gasteiger partial charge is 0.243 e. The fourth-order valence-electron chi connectivity index (χ4n) is 1.88. The van der Waals surface area contributed by atoms with E-state index in [2.05, 4.69) is 10.6 Å². The summed E-state index contributed by atoms with van der Waals surface area (Å²) in [5, 5.41) is 0. The van der Waals surface area contributed by atoms with E-state index in [0.29, 0.717) is 12.0 Å². The Kier molecular flexibility index (Phi) is 4.98. The maximum absolute atomic E-state index is 12.4. The highest BCUT2D eigenvalue weighted by atomic mass is 32.2. The molecule has 5 heteroatoms. The van der Waals surface area contributed by atoms with Crippen molar-refractivity contribution in [1.29, 1.82) is 0 Å². The van der Waals surface area contributed by atoms with Gasteiger partial charge >= 0.3 is 0 Å². The van der Waals surface area contributed by atoms with Gasteiger partial charge in [-0.25, -0.2) is 8.42 Å². The molecule has 0 radical (unpaired) electrons. The summed E-state index contributed by atoms with van der Waals surface area (Å²) < 4.78 is 27.3. The van der Waals surface area contributed by atoms with Crippen LogP contribution >= 0.6 is 0 Å². The van der Waals surface area contributed by atoms with Crippen molar-refractivity contribution in [3.8, 4) is 12.3 Å². The monoisotopic (exact) mass is 280 g/mol. The van der Waals surface area contributed by atoms with Gasteiger partial charge in [-0.05, 0) is 37.5 Å². The molecule has 1 aromatic rings. The zero-order chi connectivity index (χ0) is 14.6. The number of nitrogens with one attached hydrogen (secondary N) is 1. The average molecular weight is 280 g/mol. The fraction of sp³-hybridized carbons (Fsp3) is 0.429. The van der Waals surface area contributed by atoms with E-state index in [1.54, 1.807) is 19.1 Å². The SMILES string of the molecule is C#CC(CCC)NS(=O)(=O)c1c(N)ccc(C)c1C. The number of rotatable bonds is 5. The number of hydrogen-bond donors (Lipinski definition) is 2. The summed E-state index contributed by atoms with van der Waals surface area (Å²) >= 11 is 0. The standard InChI is InChI=1S/C14H20N2O2S/c1-5-7-12(6-2)16-19(17,18)14-11(4)10(3)8-9-13(14)15/h2,8-9,12,16H,5,7,15H2,1,3-4H3. The van der Waals surface area contributed by atoms with Crippen LogP contribution in [0.4, 0.5) is 5.69 Å². The van der Waals surface area contributed by atoms with Gasteiger partial charge in [-0.3, -0.25) is 0 Å². The third-order valence-electron chi connectivity index (χ3n) is 3.05. The van der Waals surface area contributed by atoms with E-state index in [-0.39, 0.29) is 10.6 Å². The van der Waals surface area contributed by atoms with Gasteiger partial charge in [-0.1, -0.05) is 25.3 Å². The lowest BCUT2D eigenvalue weighted by Crippen LogP contribution is -2.34. The predicted octanol–water partition coefficient (Wildman–Crippen LogP) is 1.97. The number of hydrogen-bond acceptors (Lipinski definition) is 3. The summed E-state index contributed by atoms with van der Waals surface area (Å²) in [5.41, 5.74) is 7.57. The molecule has 0 aliphatic heterocycles. The number of anilines is 1. The van der Waals surface area contributed by atoms with Crippen LogP contribution in [0.5, 0.6) is 0 Å². The molecule has 0 aliphatic carbocycles. The van der Waals surface area contributed by atoms with Crippen molar-refractivity contribution >= 4 is 15.7 Å². The largest absolute Gasteiger partial charge is 0.398 e. The number of terminal acetylenes is 1. The fourth-order valence-corrected chi connectivity index (χ4v) is 3.50. The van der Waals surface area contributed by atoms with Gasteiger partial charge < -0.3 is 5.73 Å². The first kappa shape index (κ1) is 15.5. The third kappa shape index (κ3) is 3.49. The van der Waals surface area contributed by atoms with Gasteiger partial charge in [0, 0.05) is 0 Å². The Morgan fingerprint density at radius 2 is 2.05 bits per heavy atom. The number of sulfonamides is 1. The second-order valence-corrected chi connectivity index (χ2v) is 6.21. The first-order chi connectivity index (χ1) is 8.83. The summed E-state index contributed by atoms with van der Waals surface area (Å²) in [6, 6.07) is 2.89. The quantitative estimate of drug-likeness (QED) is 0.640. The summed E-state index contributed by atoms with van der Waals surface area (Å²) in [6.07, 6.45) is 6.74. The van der Waals surface area contributed by atoms with Gasteiger partial charge in [0.25, 0.3) is 0 Å². The lowest BCUT2D eigenvalue weighted by atomic mass is 10.1. The topological polar surface area (TPSA) is 72.2 Å². The van der Waals surface area contributed by atoms with Crippen LogP contribution in [0.15, 0.2) is 17.0 Å². The molecule has 0 amide bonds. The molecule has 1 atom stereocenters. The van der Waals surface area contributed by atoms with Crippen molar-refractivity contribution in [2.24, 2.45) is 0 Å². The van der Waals surface area contributed by atoms with Crippen LogP contribution in [0.3, 0.4) is 0 Å². The first-order valence-corrected chi connectivity index (χ1v) is 7.66. The minimum Gasteiger partial charge on any atom is -0.398 e.